The average Bonchev–Trinajstić information content (AvgIpc) is 3.37. The molecule has 0 fully saturated rings. The third-order valence-corrected chi connectivity index (χ3v) is 5.13. The fraction of sp³-hybridized carbons (Fsp3) is 0.150. The normalized spacial score (nSPS) is 10.9. The SMILES string of the molecule is COc1cccc(-n2ccnc2SCC(=O)NCc2nc3ccccc3[nH]2)c1. The molecule has 0 aliphatic carbocycles. The number of rotatable bonds is 7. The van der Waals surface area contributed by atoms with Gasteiger partial charge in [0.25, 0.3) is 0 Å². The maximum absolute atomic E-state index is 12.2. The fourth-order valence-corrected chi connectivity index (χ4v) is 3.61. The minimum atomic E-state index is -0.0781. The molecule has 0 saturated carbocycles. The van der Waals surface area contributed by atoms with Crippen LogP contribution in [0.15, 0.2) is 66.1 Å². The van der Waals surface area contributed by atoms with Gasteiger partial charge in [-0.3, -0.25) is 9.36 Å². The summed E-state index contributed by atoms with van der Waals surface area (Å²) >= 11 is 1.38. The predicted octanol–water partition coefficient (Wildman–Crippen LogP) is 3.17. The van der Waals surface area contributed by atoms with Crippen LogP contribution in [0.1, 0.15) is 5.82 Å². The zero-order chi connectivity index (χ0) is 19.3. The topological polar surface area (TPSA) is 84.8 Å². The quantitative estimate of drug-likeness (QED) is 0.471. The second-order valence-electron chi connectivity index (χ2n) is 6.05. The van der Waals surface area contributed by atoms with Gasteiger partial charge in [-0.2, -0.15) is 0 Å². The molecular weight excluding hydrogens is 374 g/mol. The molecule has 4 aromatic rings. The van der Waals surface area contributed by atoms with Gasteiger partial charge in [0.15, 0.2) is 5.16 Å². The molecule has 0 bridgehead atoms. The summed E-state index contributed by atoms with van der Waals surface area (Å²) < 4.78 is 7.20. The van der Waals surface area contributed by atoms with Gasteiger partial charge < -0.3 is 15.0 Å². The number of fused-ring (bicyclic) bond motifs is 1. The van der Waals surface area contributed by atoms with E-state index in [0.717, 1.165) is 33.5 Å². The number of aromatic amines is 1. The van der Waals surface area contributed by atoms with Gasteiger partial charge in [-0.15, -0.1) is 0 Å². The van der Waals surface area contributed by atoms with E-state index in [1.54, 1.807) is 13.3 Å². The molecule has 0 spiro atoms. The molecule has 0 atom stereocenters. The van der Waals surface area contributed by atoms with Crippen LogP contribution in [0.5, 0.6) is 5.75 Å². The van der Waals surface area contributed by atoms with E-state index in [9.17, 15) is 4.79 Å². The number of nitrogens with one attached hydrogen (secondary N) is 2. The van der Waals surface area contributed by atoms with Crippen molar-refractivity contribution in [1.82, 2.24) is 24.8 Å². The minimum absolute atomic E-state index is 0.0781. The summed E-state index contributed by atoms with van der Waals surface area (Å²) in [7, 11) is 1.63. The lowest BCUT2D eigenvalue weighted by Crippen LogP contribution is -2.25. The molecule has 2 heterocycles. The van der Waals surface area contributed by atoms with Crippen molar-refractivity contribution in [3.8, 4) is 11.4 Å². The first-order valence-corrected chi connectivity index (χ1v) is 9.72. The van der Waals surface area contributed by atoms with Crippen molar-refractivity contribution in [3.05, 3.63) is 66.7 Å². The number of hydrogen-bond donors (Lipinski definition) is 2. The van der Waals surface area contributed by atoms with E-state index >= 15 is 0 Å². The Morgan fingerprint density at radius 2 is 2.14 bits per heavy atom. The first-order valence-electron chi connectivity index (χ1n) is 8.74. The number of carbonyl (C=O) groups is 1. The molecule has 4 rings (SSSR count). The van der Waals surface area contributed by atoms with Gasteiger partial charge in [0.05, 0.1) is 36.1 Å². The first-order chi connectivity index (χ1) is 13.7. The maximum Gasteiger partial charge on any atom is 0.230 e. The van der Waals surface area contributed by atoms with Crippen LogP contribution in [0.4, 0.5) is 0 Å². The Morgan fingerprint density at radius 1 is 1.25 bits per heavy atom. The highest BCUT2D eigenvalue weighted by Crippen LogP contribution is 2.23. The Labute approximate surface area is 166 Å². The number of imidazole rings is 2. The van der Waals surface area contributed by atoms with Crippen LogP contribution < -0.4 is 10.1 Å². The van der Waals surface area contributed by atoms with Crippen molar-refractivity contribution in [2.24, 2.45) is 0 Å². The van der Waals surface area contributed by atoms with E-state index in [4.69, 9.17) is 4.74 Å². The van der Waals surface area contributed by atoms with Crippen LogP contribution >= 0.6 is 11.8 Å². The van der Waals surface area contributed by atoms with Gasteiger partial charge >= 0.3 is 0 Å². The minimum Gasteiger partial charge on any atom is -0.497 e. The molecule has 0 unspecified atom stereocenters. The number of methoxy groups -OCH3 is 1. The maximum atomic E-state index is 12.2. The monoisotopic (exact) mass is 393 g/mol. The van der Waals surface area contributed by atoms with Crippen molar-refractivity contribution in [2.45, 2.75) is 11.7 Å². The summed E-state index contributed by atoms with van der Waals surface area (Å²) in [5, 5.41) is 3.63. The highest BCUT2D eigenvalue weighted by Gasteiger charge is 2.10. The van der Waals surface area contributed by atoms with Crippen LogP contribution in [-0.4, -0.2) is 38.3 Å². The molecular formula is C20H19N5O2S. The standard InChI is InChI=1S/C20H19N5O2S/c1-27-15-6-4-5-14(11-15)25-10-9-21-20(25)28-13-19(26)22-12-18-23-16-7-2-3-8-17(16)24-18/h2-11H,12-13H2,1H3,(H,22,26)(H,23,24). The van der Waals surface area contributed by atoms with Crippen molar-refractivity contribution in [2.75, 3.05) is 12.9 Å². The summed E-state index contributed by atoms with van der Waals surface area (Å²) in [6, 6.07) is 15.5. The van der Waals surface area contributed by atoms with Crippen LogP contribution in [0.2, 0.25) is 0 Å². The van der Waals surface area contributed by atoms with Gasteiger partial charge in [0.2, 0.25) is 5.91 Å². The lowest BCUT2D eigenvalue weighted by molar-refractivity contribution is -0.118. The Kier molecular flexibility index (Phi) is 5.29. The summed E-state index contributed by atoms with van der Waals surface area (Å²) in [4.78, 5) is 24.3. The van der Waals surface area contributed by atoms with Gasteiger partial charge in [-0.05, 0) is 24.3 Å². The highest BCUT2D eigenvalue weighted by molar-refractivity contribution is 7.99. The smallest absolute Gasteiger partial charge is 0.230 e. The van der Waals surface area contributed by atoms with E-state index in [0.29, 0.717) is 6.54 Å². The number of carbonyl (C=O) groups excluding carboxylic acids is 1. The van der Waals surface area contributed by atoms with Crippen molar-refractivity contribution in [3.63, 3.8) is 0 Å². The Balaban J connectivity index is 1.35. The highest BCUT2D eigenvalue weighted by atomic mass is 32.2. The van der Waals surface area contributed by atoms with E-state index < -0.39 is 0 Å². The summed E-state index contributed by atoms with van der Waals surface area (Å²) in [6.07, 6.45) is 3.58. The zero-order valence-corrected chi connectivity index (χ0v) is 16.1. The van der Waals surface area contributed by atoms with Crippen molar-refractivity contribution in [1.29, 1.82) is 0 Å². The third kappa shape index (κ3) is 4.01. The number of benzene rings is 2. The number of hydrogen-bond acceptors (Lipinski definition) is 5. The van der Waals surface area contributed by atoms with Gasteiger partial charge in [0, 0.05) is 18.5 Å². The number of nitrogens with zero attached hydrogens (tertiary/aromatic N) is 3. The van der Waals surface area contributed by atoms with E-state index in [2.05, 4.69) is 20.3 Å². The van der Waals surface area contributed by atoms with Crippen LogP contribution in [0.25, 0.3) is 16.7 Å². The molecule has 28 heavy (non-hydrogen) atoms. The van der Waals surface area contributed by atoms with Crippen LogP contribution in [0.3, 0.4) is 0 Å². The van der Waals surface area contributed by atoms with Crippen molar-refractivity contribution >= 4 is 28.7 Å². The molecule has 142 valence electrons. The number of amides is 1. The molecule has 7 nitrogen and oxygen atoms in total. The largest absolute Gasteiger partial charge is 0.497 e. The number of ether oxygens (including phenoxy) is 1. The summed E-state index contributed by atoms with van der Waals surface area (Å²) in [5.41, 5.74) is 2.78. The van der Waals surface area contributed by atoms with E-state index in [1.807, 2.05) is 59.3 Å². The fourth-order valence-electron chi connectivity index (χ4n) is 2.81. The Hall–Kier alpha value is -3.26. The molecule has 0 radical (unpaired) electrons. The second-order valence-corrected chi connectivity index (χ2v) is 6.99. The molecule has 0 aliphatic heterocycles. The molecule has 8 heteroatoms. The van der Waals surface area contributed by atoms with Gasteiger partial charge in [-0.1, -0.05) is 30.0 Å². The van der Waals surface area contributed by atoms with E-state index in [-0.39, 0.29) is 11.7 Å². The lowest BCUT2D eigenvalue weighted by atomic mass is 10.3. The van der Waals surface area contributed by atoms with Crippen LogP contribution in [0, 0.1) is 0 Å². The number of aromatic nitrogens is 4. The summed E-state index contributed by atoms with van der Waals surface area (Å²) in [5.74, 6) is 1.69. The Morgan fingerprint density at radius 3 is 3.00 bits per heavy atom. The second kappa shape index (κ2) is 8.18. The van der Waals surface area contributed by atoms with Crippen molar-refractivity contribution < 1.29 is 9.53 Å². The van der Waals surface area contributed by atoms with E-state index in [1.165, 1.54) is 11.8 Å². The van der Waals surface area contributed by atoms with Crippen LogP contribution in [-0.2, 0) is 11.3 Å². The molecule has 2 aromatic heterocycles. The molecule has 0 saturated heterocycles. The average molecular weight is 393 g/mol. The molecule has 1 amide bonds. The number of para-hydroxylation sites is 2. The zero-order valence-electron chi connectivity index (χ0n) is 15.3. The lowest BCUT2D eigenvalue weighted by Gasteiger charge is -2.09. The summed E-state index contributed by atoms with van der Waals surface area (Å²) in [6.45, 7) is 0.360. The number of thioether (sulfide) groups is 1. The molecule has 0 aliphatic rings. The predicted molar refractivity (Wildman–Crippen MR) is 109 cm³/mol. The number of H-pyrrole nitrogens is 1. The molecule has 2 aromatic carbocycles. The van der Waals surface area contributed by atoms with Gasteiger partial charge in [-0.25, -0.2) is 9.97 Å². The third-order valence-electron chi connectivity index (χ3n) is 4.16. The van der Waals surface area contributed by atoms with Gasteiger partial charge in [0.1, 0.15) is 11.6 Å². The Bertz CT molecular complexity index is 1070. The molecule has 2 N–H and O–H groups in total. The first kappa shape index (κ1) is 18.1.